The van der Waals surface area contributed by atoms with Crippen molar-refractivity contribution in [3.8, 4) is 0 Å². The smallest absolute Gasteiger partial charge is 0.122 e. The maximum absolute atomic E-state index is 5.21. The Morgan fingerprint density at radius 3 is 2.00 bits per heavy atom. The summed E-state index contributed by atoms with van der Waals surface area (Å²) in [6.07, 6.45) is 3.73. The second kappa shape index (κ2) is 3.61. The van der Waals surface area contributed by atoms with Crippen LogP contribution < -0.4 is 0 Å². The Morgan fingerprint density at radius 2 is 1.90 bits per heavy atom. The highest BCUT2D eigenvalue weighted by Gasteiger charge is 2.19. The zero-order chi connectivity index (χ0) is 8.20. The first-order valence-electron chi connectivity index (χ1n) is 3.39. The highest BCUT2D eigenvalue weighted by atomic mass is 28.3. The molecule has 1 nitrogen and oxygen atoms in total. The van der Waals surface area contributed by atoms with Crippen molar-refractivity contribution in [2.45, 2.75) is 19.6 Å². The number of rotatable bonds is 3. The molecule has 0 amide bonds. The van der Waals surface area contributed by atoms with E-state index >= 15 is 0 Å². The molecule has 0 aromatic heterocycles. The fraction of sp³-hybridized carbons (Fsp3) is 0.500. The predicted octanol–water partition coefficient (Wildman–Crippen LogP) is 2.58. The molecule has 58 valence electrons. The lowest BCUT2D eigenvalue weighted by Gasteiger charge is -2.18. The van der Waals surface area contributed by atoms with Crippen molar-refractivity contribution in [3.05, 3.63) is 24.1 Å². The van der Waals surface area contributed by atoms with Crippen LogP contribution in [0.2, 0.25) is 19.6 Å². The first-order valence-corrected chi connectivity index (χ1v) is 6.89. The van der Waals surface area contributed by atoms with Crippen molar-refractivity contribution in [2.24, 2.45) is 0 Å². The van der Waals surface area contributed by atoms with Crippen molar-refractivity contribution in [1.29, 1.82) is 0 Å². The molecule has 0 rings (SSSR count). The van der Waals surface area contributed by atoms with Gasteiger partial charge in [-0.2, -0.15) is 0 Å². The third kappa shape index (κ3) is 2.87. The van der Waals surface area contributed by atoms with Gasteiger partial charge in [0.05, 0.1) is 12.5 Å². The number of ether oxygens (including phenoxy) is 1. The second-order valence-electron chi connectivity index (χ2n) is 3.22. The van der Waals surface area contributed by atoms with Crippen LogP contribution >= 0.6 is 0 Å². The summed E-state index contributed by atoms with van der Waals surface area (Å²) in [5, 5.41) is 1.10. The Morgan fingerprint density at radius 1 is 1.40 bits per heavy atom. The summed E-state index contributed by atoms with van der Waals surface area (Å²) in [5.41, 5.74) is 0. The predicted molar refractivity (Wildman–Crippen MR) is 48.6 cm³/mol. The van der Waals surface area contributed by atoms with E-state index in [1.54, 1.807) is 13.2 Å². The molecule has 0 heterocycles. The first-order chi connectivity index (χ1) is 4.52. The van der Waals surface area contributed by atoms with Crippen molar-refractivity contribution >= 4 is 8.07 Å². The summed E-state index contributed by atoms with van der Waals surface area (Å²) in [4.78, 5) is 0. The van der Waals surface area contributed by atoms with E-state index in [1.165, 1.54) is 0 Å². The van der Waals surface area contributed by atoms with Gasteiger partial charge in [-0.25, -0.2) is 0 Å². The Labute approximate surface area is 64.4 Å². The van der Waals surface area contributed by atoms with Crippen LogP contribution in [0.25, 0.3) is 0 Å². The standard InChI is InChI=1S/C8H16OSi/c1-6-7-8(9-2)10(3,4)5/h6-7H,1H2,2-5H3. The minimum Gasteiger partial charge on any atom is -0.506 e. The van der Waals surface area contributed by atoms with Crippen LogP contribution in [0.15, 0.2) is 24.1 Å². The highest BCUT2D eigenvalue weighted by molar-refractivity contribution is 6.82. The number of hydrogen-bond acceptors (Lipinski definition) is 1. The molecule has 0 spiro atoms. The van der Waals surface area contributed by atoms with Gasteiger partial charge >= 0.3 is 0 Å². The SMILES string of the molecule is C=CC=C(OC)[Si](C)(C)C. The molecular formula is C8H16OSi. The third-order valence-corrected chi connectivity index (χ3v) is 3.08. The molecule has 0 bridgehead atoms. The lowest BCUT2D eigenvalue weighted by atomic mass is 10.6. The van der Waals surface area contributed by atoms with Gasteiger partial charge in [0, 0.05) is 0 Å². The minimum absolute atomic E-state index is 1.10. The summed E-state index contributed by atoms with van der Waals surface area (Å²) in [7, 11) is 0.476. The normalized spacial score (nSPS) is 13.0. The minimum atomic E-state index is -1.24. The molecule has 0 radical (unpaired) electrons. The number of allylic oxidation sites excluding steroid dienone is 2. The van der Waals surface area contributed by atoms with Gasteiger partial charge in [-0.1, -0.05) is 32.3 Å². The van der Waals surface area contributed by atoms with Gasteiger partial charge in [0.2, 0.25) is 0 Å². The molecule has 10 heavy (non-hydrogen) atoms. The van der Waals surface area contributed by atoms with E-state index in [2.05, 4.69) is 26.2 Å². The zero-order valence-corrected chi connectivity index (χ0v) is 8.27. The fourth-order valence-electron chi connectivity index (χ4n) is 0.731. The van der Waals surface area contributed by atoms with Crippen LogP contribution in [-0.4, -0.2) is 15.2 Å². The van der Waals surface area contributed by atoms with Crippen molar-refractivity contribution in [3.63, 3.8) is 0 Å². The Hall–Kier alpha value is -0.503. The molecule has 0 saturated carbocycles. The molecule has 0 aromatic rings. The Bertz CT molecular complexity index is 142. The van der Waals surface area contributed by atoms with E-state index in [-0.39, 0.29) is 0 Å². The largest absolute Gasteiger partial charge is 0.506 e. The lowest BCUT2D eigenvalue weighted by Crippen LogP contribution is -2.24. The van der Waals surface area contributed by atoms with Gasteiger partial charge in [-0.3, -0.25) is 0 Å². The fourth-order valence-corrected chi connectivity index (χ4v) is 1.96. The van der Waals surface area contributed by atoms with Gasteiger partial charge in [0.1, 0.15) is 8.07 Å². The molecular weight excluding hydrogens is 140 g/mol. The molecule has 0 aliphatic rings. The van der Waals surface area contributed by atoms with Crippen molar-refractivity contribution in [1.82, 2.24) is 0 Å². The quantitative estimate of drug-likeness (QED) is 0.347. The van der Waals surface area contributed by atoms with Crippen LogP contribution in [0, 0.1) is 0 Å². The van der Waals surface area contributed by atoms with Crippen molar-refractivity contribution < 1.29 is 4.74 Å². The van der Waals surface area contributed by atoms with Crippen LogP contribution in [-0.2, 0) is 4.74 Å². The average molecular weight is 156 g/mol. The van der Waals surface area contributed by atoms with Gasteiger partial charge in [0.15, 0.2) is 0 Å². The lowest BCUT2D eigenvalue weighted by molar-refractivity contribution is 0.316. The molecule has 0 saturated heterocycles. The molecule has 0 N–H and O–H groups in total. The zero-order valence-electron chi connectivity index (χ0n) is 7.27. The highest BCUT2D eigenvalue weighted by Crippen LogP contribution is 2.14. The first kappa shape index (κ1) is 9.50. The van der Waals surface area contributed by atoms with Gasteiger partial charge in [-0.15, -0.1) is 0 Å². The molecule has 0 fully saturated rings. The Kier molecular flexibility index (Phi) is 3.43. The summed E-state index contributed by atoms with van der Waals surface area (Å²) < 4.78 is 5.21. The van der Waals surface area contributed by atoms with E-state index in [1.807, 2.05) is 6.08 Å². The molecule has 0 unspecified atom stereocenters. The van der Waals surface area contributed by atoms with Gasteiger partial charge in [0.25, 0.3) is 0 Å². The van der Waals surface area contributed by atoms with E-state index in [0.717, 1.165) is 5.38 Å². The van der Waals surface area contributed by atoms with Crippen LogP contribution in [0.1, 0.15) is 0 Å². The molecule has 0 atom stereocenters. The van der Waals surface area contributed by atoms with Crippen LogP contribution in [0.4, 0.5) is 0 Å². The summed E-state index contributed by atoms with van der Waals surface area (Å²) in [6.45, 7) is 10.4. The second-order valence-corrected chi connectivity index (χ2v) is 8.21. The summed E-state index contributed by atoms with van der Waals surface area (Å²) >= 11 is 0. The Balaban J connectivity index is 4.35. The molecule has 0 aliphatic heterocycles. The third-order valence-electron chi connectivity index (χ3n) is 1.23. The number of methoxy groups -OCH3 is 1. The van der Waals surface area contributed by atoms with E-state index in [9.17, 15) is 0 Å². The molecule has 0 aromatic carbocycles. The summed E-state index contributed by atoms with van der Waals surface area (Å²) in [5.74, 6) is 0. The average Bonchev–Trinajstić information content (AvgIpc) is 1.80. The van der Waals surface area contributed by atoms with Gasteiger partial charge in [-0.05, 0) is 6.08 Å². The monoisotopic (exact) mass is 156 g/mol. The topological polar surface area (TPSA) is 9.23 Å². The maximum Gasteiger partial charge on any atom is 0.122 e. The van der Waals surface area contributed by atoms with E-state index < -0.39 is 8.07 Å². The van der Waals surface area contributed by atoms with Crippen LogP contribution in [0.5, 0.6) is 0 Å². The van der Waals surface area contributed by atoms with E-state index in [4.69, 9.17) is 4.74 Å². The van der Waals surface area contributed by atoms with Crippen LogP contribution in [0.3, 0.4) is 0 Å². The van der Waals surface area contributed by atoms with Gasteiger partial charge < -0.3 is 4.74 Å². The summed E-state index contributed by atoms with van der Waals surface area (Å²) in [6, 6.07) is 0. The number of hydrogen-bond donors (Lipinski definition) is 0. The van der Waals surface area contributed by atoms with E-state index in [0.29, 0.717) is 0 Å². The molecule has 2 heteroatoms. The molecule has 0 aliphatic carbocycles. The van der Waals surface area contributed by atoms with Crippen molar-refractivity contribution in [2.75, 3.05) is 7.11 Å². The maximum atomic E-state index is 5.21.